The van der Waals surface area contributed by atoms with Gasteiger partial charge < -0.3 is 5.32 Å². The molecule has 0 atom stereocenters. The fourth-order valence-corrected chi connectivity index (χ4v) is 0.636. The summed E-state index contributed by atoms with van der Waals surface area (Å²) in [7, 11) is 0. The van der Waals surface area contributed by atoms with Gasteiger partial charge in [0.25, 0.3) is 5.91 Å². The van der Waals surface area contributed by atoms with Crippen LogP contribution in [0.15, 0.2) is 0 Å². The topological polar surface area (TPSA) is 29.1 Å². The summed E-state index contributed by atoms with van der Waals surface area (Å²) in [6.07, 6.45) is 1.86. The minimum Gasteiger partial charge on any atom is -0.340 e. The zero-order valence-corrected chi connectivity index (χ0v) is 7.22. The quantitative estimate of drug-likeness (QED) is 0.636. The molecule has 0 bridgehead atoms. The normalized spacial score (nSPS) is 11.2. The predicted octanol–water partition coefficient (Wildman–Crippen LogP) is 1.17. The van der Waals surface area contributed by atoms with E-state index >= 15 is 0 Å². The third-order valence-corrected chi connectivity index (χ3v) is 2.19. The highest BCUT2D eigenvalue weighted by atomic mass is 32.2. The van der Waals surface area contributed by atoms with E-state index in [4.69, 9.17) is 0 Å². The molecule has 1 N–H and O–H groups in total. The molecule has 2 nitrogen and oxygen atoms in total. The average molecular weight is 165 g/mol. The number of hydrogen-bond donors (Lipinski definition) is 1. The van der Waals surface area contributed by atoms with Gasteiger partial charge in [-0.05, 0) is 20.1 Å². The molecule has 0 aromatic carbocycles. The Labute approximate surface area is 64.6 Å². The Hall–Kier alpha value is -0.250. The zero-order chi connectivity index (χ0) is 8.20. The van der Waals surface area contributed by atoms with Gasteiger partial charge in [-0.2, -0.15) is 0 Å². The molecule has 4 heteroatoms. The lowest BCUT2D eigenvalue weighted by atomic mass is 10.4. The van der Waals surface area contributed by atoms with Crippen LogP contribution >= 0.6 is 11.8 Å². The van der Waals surface area contributed by atoms with Crippen molar-refractivity contribution in [2.75, 3.05) is 12.9 Å². The molecule has 0 fully saturated rings. The minimum absolute atomic E-state index is 0.358. The first-order valence-electron chi connectivity index (χ1n) is 2.94. The molecule has 10 heavy (non-hydrogen) atoms. The molecule has 0 rings (SSSR count). The molecule has 0 aromatic heterocycles. The molecule has 0 radical (unpaired) electrons. The van der Waals surface area contributed by atoms with Crippen molar-refractivity contribution in [1.29, 1.82) is 0 Å². The van der Waals surface area contributed by atoms with E-state index in [1.807, 2.05) is 20.1 Å². The molecule has 1 amide bonds. The van der Waals surface area contributed by atoms with Gasteiger partial charge in [-0.15, -0.1) is 11.8 Å². The van der Waals surface area contributed by atoms with E-state index in [2.05, 4.69) is 5.32 Å². The van der Waals surface area contributed by atoms with Gasteiger partial charge >= 0.3 is 0 Å². The number of nitrogens with one attached hydrogen (secondary N) is 1. The molecule has 60 valence electrons. The fourth-order valence-electron chi connectivity index (χ4n) is 0.420. The predicted molar refractivity (Wildman–Crippen MR) is 41.7 cm³/mol. The highest BCUT2D eigenvalue weighted by molar-refractivity contribution is 7.99. The van der Waals surface area contributed by atoms with Crippen molar-refractivity contribution in [3.05, 3.63) is 0 Å². The Morgan fingerprint density at radius 2 is 2.20 bits per heavy atom. The Morgan fingerprint density at radius 1 is 1.70 bits per heavy atom. The van der Waals surface area contributed by atoms with Crippen molar-refractivity contribution in [2.45, 2.75) is 18.7 Å². The van der Waals surface area contributed by atoms with Crippen molar-refractivity contribution in [1.82, 2.24) is 5.32 Å². The molecule has 0 saturated carbocycles. The molecule has 0 spiro atoms. The van der Waals surface area contributed by atoms with E-state index in [1.165, 1.54) is 11.8 Å². The van der Waals surface area contributed by atoms with Gasteiger partial charge in [0, 0.05) is 0 Å². The molecular formula is C6H12FNOS. The van der Waals surface area contributed by atoms with E-state index in [0.717, 1.165) is 0 Å². The number of rotatable bonds is 3. The molecular weight excluding hydrogens is 153 g/mol. The monoisotopic (exact) mass is 165 g/mol. The summed E-state index contributed by atoms with van der Waals surface area (Å²) in [4.78, 5) is 10.1. The number of alkyl halides is 1. The molecule has 0 aliphatic carbocycles. The van der Waals surface area contributed by atoms with Crippen LogP contribution in [-0.2, 0) is 4.79 Å². The third kappa shape index (κ3) is 3.71. The van der Waals surface area contributed by atoms with Crippen LogP contribution < -0.4 is 5.32 Å². The molecule has 0 unspecified atom stereocenters. The maximum atomic E-state index is 11.6. The first-order valence-corrected chi connectivity index (χ1v) is 4.16. The van der Waals surface area contributed by atoms with E-state index in [1.54, 1.807) is 0 Å². The van der Waals surface area contributed by atoms with Gasteiger partial charge in [0.1, 0.15) is 0 Å². The van der Waals surface area contributed by atoms with Crippen molar-refractivity contribution < 1.29 is 9.18 Å². The van der Waals surface area contributed by atoms with Crippen LogP contribution in [0.25, 0.3) is 0 Å². The smallest absolute Gasteiger partial charge is 0.252 e. The molecule has 0 saturated heterocycles. The van der Waals surface area contributed by atoms with E-state index in [0.29, 0.717) is 0 Å². The van der Waals surface area contributed by atoms with Gasteiger partial charge in [-0.25, -0.2) is 4.39 Å². The maximum Gasteiger partial charge on any atom is 0.252 e. The van der Waals surface area contributed by atoms with Crippen LogP contribution in [0.3, 0.4) is 0 Å². The first kappa shape index (κ1) is 9.75. The number of hydrogen-bond acceptors (Lipinski definition) is 2. The Bertz CT molecular complexity index is 127. The summed E-state index contributed by atoms with van der Waals surface area (Å²) >= 11 is 1.47. The number of thioether (sulfide) groups is 1. The summed E-state index contributed by atoms with van der Waals surface area (Å²) in [5.41, 5.74) is 0. The lowest BCUT2D eigenvalue weighted by Crippen LogP contribution is -2.41. The molecule has 0 aliphatic heterocycles. The summed E-state index contributed by atoms with van der Waals surface area (Å²) in [6.45, 7) is 2.71. The van der Waals surface area contributed by atoms with Crippen molar-refractivity contribution in [3.63, 3.8) is 0 Å². The van der Waals surface area contributed by atoms with Crippen LogP contribution in [0.2, 0.25) is 0 Å². The average Bonchev–Trinajstić information content (AvgIpc) is 1.87. The summed E-state index contributed by atoms with van der Waals surface area (Å²) < 4.78 is 11.6. The second-order valence-electron chi connectivity index (χ2n) is 2.40. The largest absolute Gasteiger partial charge is 0.340 e. The van der Waals surface area contributed by atoms with E-state index in [-0.39, 0.29) is 4.87 Å². The van der Waals surface area contributed by atoms with Crippen LogP contribution in [-0.4, -0.2) is 23.7 Å². The fraction of sp³-hybridized carbons (Fsp3) is 0.833. The van der Waals surface area contributed by atoms with Gasteiger partial charge in [-0.3, -0.25) is 4.79 Å². The van der Waals surface area contributed by atoms with Crippen LogP contribution in [0.4, 0.5) is 4.39 Å². The van der Waals surface area contributed by atoms with Crippen LogP contribution in [0, 0.1) is 0 Å². The third-order valence-electron chi connectivity index (χ3n) is 1.07. The minimum atomic E-state index is -0.940. The van der Waals surface area contributed by atoms with Gasteiger partial charge in [0.15, 0.2) is 6.67 Å². The number of carbonyl (C=O) groups excluding carboxylic acids is 1. The standard InChI is InChI=1S/C6H12FNOS/c1-6(2,10-3)8-5(9)4-7/h4H2,1-3H3,(H,8,9). The Balaban J connectivity index is 3.76. The van der Waals surface area contributed by atoms with Gasteiger partial charge in [-0.1, -0.05) is 0 Å². The zero-order valence-electron chi connectivity index (χ0n) is 6.40. The number of carbonyl (C=O) groups is 1. The van der Waals surface area contributed by atoms with E-state index in [9.17, 15) is 9.18 Å². The second kappa shape index (κ2) is 3.81. The molecule has 0 aliphatic rings. The number of halogens is 1. The maximum absolute atomic E-state index is 11.6. The van der Waals surface area contributed by atoms with Crippen molar-refractivity contribution in [3.8, 4) is 0 Å². The molecule has 0 aromatic rings. The summed E-state index contributed by atoms with van der Waals surface area (Å²) in [6, 6.07) is 0. The van der Waals surface area contributed by atoms with Gasteiger partial charge in [0.05, 0.1) is 4.87 Å². The summed E-state index contributed by atoms with van der Waals surface area (Å²) in [5.74, 6) is -0.556. The Morgan fingerprint density at radius 3 is 2.50 bits per heavy atom. The first-order chi connectivity index (χ1) is 4.52. The van der Waals surface area contributed by atoms with Gasteiger partial charge in [0.2, 0.25) is 0 Å². The highest BCUT2D eigenvalue weighted by Gasteiger charge is 2.17. The lowest BCUT2D eigenvalue weighted by molar-refractivity contribution is -0.122. The van der Waals surface area contributed by atoms with E-state index < -0.39 is 12.6 Å². The lowest BCUT2D eigenvalue weighted by Gasteiger charge is -2.22. The molecule has 0 heterocycles. The highest BCUT2D eigenvalue weighted by Crippen LogP contribution is 2.16. The SMILES string of the molecule is CSC(C)(C)NC(=O)CF. The van der Waals surface area contributed by atoms with Crippen LogP contribution in [0.1, 0.15) is 13.8 Å². The number of amides is 1. The van der Waals surface area contributed by atoms with Crippen LogP contribution in [0.5, 0.6) is 0 Å². The Kier molecular flexibility index (Phi) is 3.71. The van der Waals surface area contributed by atoms with Crippen molar-refractivity contribution in [2.24, 2.45) is 0 Å². The summed E-state index contributed by atoms with van der Waals surface area (Å²) in [5, 5.41) is 2.50. The van der Waals surface area contributed by atoms with Crippen molar-refractivity contribution >= 4 is 17.7 Å². The second-order valence-corrected chi connectivity index (χ2v) is 3.83.